The van der Waals surface area contributed by atoms with Crippen molar-refractivity contribution in [2.75, 3.05) is 20.3 Å². The molecular formula is C17H27N5O2S. The Morgan fingerprint density at radius 2 is 2.24 bits per heavy atom. The zero-order valence-electron chi connectivity index (χ0n) is 15.6. The van der Waals surface area contributed by atoms with Gasteiger partial charge in [0, 0.05) is 36.8 Å². The van der Waals surface area contributed by atoms with E-state index in [-0.39, 0.29) is 12.1 Å². The summed E-state index contributed by atoms with van der Waals surface area (Å²) in [5.41, 5.74) is 1.93. The Labute approximate surface area is 153 Å². The van der Waals surface area contributed by atoms with E-state index >= 15 is 0 Å². The number of urea groups is 1. The highest BCUT2D eigenvalue weighted by atomic mass is 32.1. The Kier molecular flexibility index (Phi) is 6.95. The van der Waals surface area contributed by atoms with Crippen molar-refractivity contribution in [2.24, 2.45) is 0 Å². The third-order valence-electron chi connectivity index (χ3n) is 3.93. The number of rotatable bonds is 8. The summed E-state index contributed by atoms with van der Waals surface area (Å²) >= 11 is 1.65. The Hall–Kier alpha value is -1.93. The third kappa shape index (κ3) is 5.27. The van der Waals surface area contributed by atoms with Gasteiger partial charge in [-0.1, -0.05) is 0 Å². The molecule has 138 valence electrons. The molecule has 0 aliphatic heterocycles. The van der Waals surface area contributed by atoms with Crippen molar-refractivity contribution in [2.45, 2.75) is 46.8 Å². The first kappa shape index (κ1) is 19.4. The van der Waals surface area contributed by atoms with Crippen LogP contribution in [0.15, 0.2) is 12.4 Å². The first-order valence-corrected chi connectivity index (χ1v) is 9.25. The standard InChI is InChI=1S/C17H27N5O2S/c1-6-22-11-15(9-18-22)10-21(7-8-24-5)17(23)19-12(2)16-13(3)25-14(4)20-16/h9,11-12H,6-8,10H2,1-5H3,(H,19,23). The van der Waals surface area contributed by atoms with Gasteiger partial charge in [-0.2, -0.15) is 5.10 Å². The summed E-state index contributed by atoms with van der Waals surface area (Å²) in [5, 5.41) is 8.33. The van der Waals surface area contributed by atoms with Crippen LogP contribution in [0.1, 0.15) is 41.0 Å². The second-order valence-corrected chi connectivity index (χ2v) is 7.37. The van der Waals surface area contributed by atoms with E-state index in [1.807, 2.05) is 38.6 Å². The van der Waals surface area contributed by atoms with Crippen LogP contribution in [-0.4, -0.2) is 46.0 Å². The van der Waals surface area contributed by atoms with Crippen molar-refractivity contribution in [3.05, 3.63) is 33.5 Å². The lowest BCUT2D eigenvalue weighted by atomic mass is 10.2. The molecule has 1 N–H and O–H groups in total. The number of carbonyl (C=O) groups is 1. The minimum atomic E-state index is -0.138. The molecule has 2 amide bonds. The van der Waals surface area contributed by atoms with Crippen LogP contribution in [0.3, 0.4) is 0 Å². The predicted octanol–water partition coefficient (Wildman–Crippen LogP) is 2.90. The molecule has 0 fully saturated rings. The van der Waals surface area contributed by atoms with Crippen LogP contribution in [0.25, 0.3) is 0 Å². The van der Waals surface area contributed by atoms with Crippen LogP contribution in [-0.2, 0) is 17.8 Å². The molecule has 2 rings (SSSR count). The first-order chi connectivity index (χ1) is 11.9. The van der Waals surface area contributed by atoms with E-state index in [0.29, 0.717) is 19.7 Å². The van der Waals surface area contributed by atoms with Gasteiger partial charge in [-0.15, -0.1) is 11.3 Å². The van der Waals surface area contributed by atoms with Crippen molar-refractivity contribution in [3.63, 3.8) is 0 Å². The summed E-state index contributed by atoms with van der Waals surface area (Å²) < 4.78 is 7.00. The lowest BCUT2D eigenvalue weighted by Gasteiger charge is -2.24. The lowest BCUT2D eigenvalue weighted by Crippen LogP contribution is -2.42. The first-order valence-electron chi connectivity index (χ1n) is 8.44. The van der Waals surface area contributed by atoms with Gasteiger partial charge in [-0.3, -0.25) is 4.68 Å². The normalized spacial score (nSPS) is 12.2. The number of hydrogen-bond donors (Lipinski definition) is 1. The van der Waals surface area contributed by atoms with Crippen LogP contribution in [0.4, 0.5) is 4.79 Å². The van der Waals surface area contributed by atoms with Crippen LogP contribution in [0, 0.1) is 13.8 Å². The molecule has 8 heteroatoms. The average Bonchev–Trinajstić information content (AvgIpc) is 3.16. The molecule has 2 heterocycles. The molecule has 1 unspecified atom stereocenters. The highest BCUT2D eigenvalue weighted by Crippen LogP contribution is 2.22. The molecule has 0 radical (unpaired) electrons. The number of aryl methyl sites for hydroxylation is 3. The SMILES string of the molecule is CCn1cc(CN(CCOC)C(=O)NC(C)c2nc(C)sc2C)cn1. The topological polar surface area (TPSA) is 72.3 Å². The fourth-order valence-electron chi connectivity index (χ4n) is 2.63. The van der Waals surface area contributed by atoms with Crippen molar-refractivity contribution in [3.8, 4) is 0 Å². The molecule has 7 nitrogen and oxygen atoms in total. The van der Waals surface area contributed by atoms with Gasteiger partial charge in [0.05, 0.1) is 36.1 Å². The average molecular weight is 366 g/mol. The number of nitrogens with one attached hydrogen (secondary N) is 1. The van der Waals surface area contributed by atoms with Crippen LogP contribution in [0.5, 0.6) is 0 Å². The van der Waals surface area contributed by atoms with Crippen LogP contribution < -0.4 is 5.32 Å². The fraction of sp³-hybridized carbons (Fsp3) is 0.588. The maximum atomic E-state index is 12.7. The molecule has 25 heavy (non-hydrogen) atoms. The Bertz CT molecular complexity index is 697. The van der Waals surface area contributed by atoms with Crippen LogP contribution in [0.2, 0.25) is 0 Å². The van der Waals surface area contributed by atoms with E-state index in [1.54, 1.807) is 29.5 Å². The van der Waals surface area contributed by atoms with Gasteiger partial charge in [-0.25, -0.2) is 9.78 Å². The molecule has 2 aromatic heterocycles. The molecule has 0 bridgehead atoms. The molecule has 0 saturated heterocycles. The quantitative estimate of drug-likeness (QED) is 0.781. The minimum absolute atomic E-state index is 0.126. The molecule has 0 aromatic carbocycles. The molecule has 0 saturated carbocycles. The number of hydrogen-bond acceptors (Lipinski definition) is 5. The highest BCUT2D eigenvalue weighted by Gasteiger charge is 2.20. The van der Waals surface area contributed by atoms with Crippen molar-refractivity contribution >= 4 is 17.4 Å². The van der Waals surface area contributed by atoms with Crippen molar-refractivity contribution in [1.82, 2.24) is 25.0 Å². The highest BCUT2D eigenvalue weighted by molar-refractivity contribution is 7.11. The molecule has 1 atom stereocenters. The summed E-state index contributed by atoms with van der Waals surface area (Å²) in [5.74, 6) is 0. The Morgan fingerprint density at radius 1 is 1.48 bits per heavy atom. The summed E-state index contributed by atoms with van der Waals surface area (Å²) in [6.45, 7) is 10.3. The molecule has 2 aromatic rings. The maximum absolute atomic E-state index is 12.7. The fourth-order valence-corrected chi connectivity index (χ4v) is 3.54. The maximum Gasteiger partial charge on any atom is 0.318 e. The summed E-state index contributed by atoms with van der Waals surface area (Å²) in [6.07, 6.45) is 3.76. The number of aromatic nitrogens is 3. The van der Waals surface area contributed by atoms with Gasteiger partial charge in [0.2, 0.25) is 0 Å². The number of ether oxygens (including phenoxy) is 1. The number of nitrogens with zero attached hydrogens (tertiary/aromatic N) is 4. The summed E-state index contributed by atoms with van der Waals surface area (Å²) in [6, 6.07) is -0.264. The predicted molar refractivity (Wildman–Crippen MR) is 98.7 cm³/mol. The monoisotopic (exact) mass is 365 g/mol. The van der Waals surface area contributed by atoms with Crippen molar-refractivity contribution in [1.29, 1.82) is 0 Å². The second-order valence-electron chi connectivity index (χ2n) is 5.96. The van der Waals surface area contributed by atoms with Gasteiger partial charge in [0.25, 0.3) is 0 Å². The zero-order chi connectivity index (χ0) is 18.4. The number of methoxy groups -OCH3 is 1. The van der Waals surface area contributed by atoms with Gasteiger partial charge < -0.3 is 15.0 Å². The van der Waals surface area contributed by atoms with E-state index < -0.39 is 0 Å². The van der Waals surface area contributed by atoms with E-state index in [1.165, 1.54) is 0 Å². The van der Waals surface area contributed by atoms with E-state index in [0.717, 1.165) is 27.7 Å². The summed E-state index contributed by atoms with van der Waals surface area (Å²) in [4.78, 5) is 20.1. The van der Waals surface area contributed by atoms with Gasteiger partial charge in [-0.05, 0) is 27.7 Å². The number of amides is 2. The Balaban J connectivity index is 2.05. The molecule has 0 aliphatic carbocycles. The molecule has 0 aliphatic rings. The van der Waals surface area contributed by atoms with E-state index in [9.17, 15) is 4.79 Å². The third-order valence-corrected chi connectivity index (χ3v) is 4.83. The molecular weight excluding hydrogens is 338 g/mol. The number of carbonyl (C=O) groups excluding carboxylic acids is 1. The van der Waals surface area contributed by atoms with E-state index in [2.05, 4.69) is 15.4 Å². The second kappa shape index (κ2) is 8.96. The number of thiazole rings is 1. The lowest BCUT2D eigenvalue weighted by molar-refractivity contribution is 0.145. The van der Waals surface area contributed by atoms with E-state index in [4.69, 9.17) is 4.74 Å². The van der Waals surface area contributed by atoms with Crippen molar-refractivity contribution < 1.29 is 9.53 Å². The van der Waals surface area contributed by atoms with Gasteiger partial charge in [0.1, 0.15) is 0 Å². The van der Waals surface area contributed by atoms with Crippen LogP contribution >= 0.6 is 11.3 Å². The zero-order valence-corrected chi connectivity index (χ0v) is 16.4. The molecule has 0 spiro atoms. The Morgan fingerprint density at radius 3 is 2.80 bits per heavy atom. The van der Waals surface area contributed by atoms with Gasteiger partial charge in [0.15, 0.2) is 0 Å². The van der Waals surface area contributed by atoms with Gasteiger partial charge >= 0.3 is 6.03 Å². The minimum Gasteiger partial charge on any atom is -0.383 e. The smallest absolute Gasteiger partial charge is 0.318 e. The summed E-state index contributed by atoms with van der Waals surface area (Å²) in [7, 11) is 1.63. The largest absolute Gasteiger partial charge is 0.383 e.